The summed E-state index contributed by atoms with van der Waals surface area (Å²) in [5.41, 5.74) is 5.10. The van der Waals surface area contributed by atoms with Gasteiger partial charge in [-0.2, -0.15) is 5.10 Å². The molecule has 0 fully saturated rings. The van der Waals surface area contributed by atoms with Crippen LogP contribution in [0, 0.1) is 17.0 Å². The first-order valence-electron chi connectivity index (χ1n) is 9.05. The number of aromatic nitrogens is 2. The quantitative estimate of drug-likeness (QED) is 0.356. The van der Waals surface area contributed by atoms with E-state index in [1.807, 2.05) is 48.0 Å². The van der Waals surface area contributed by atoms with Crippen molar-refractivity contribution in [3.05, 3.63) is 124 Å². The fraction of sp³-hybridized carbons (Fsp3) is 0.0870. The van der Waals surface area contributed by atoms with Crippen LogP contribution in [0.25, 0.3) is 5.69 Å². The van der Waals surface area contributed by atoms with Gasteiger partial charge in [0.2, 0.25) is 0 Å². The van der Waals surface area contributed by atoms with Crippen molar-refractivity contribution in [2.24, 2.45) is 0 Å². The summed E-state index contributed by atoms with van der Waals surface area (Å²) in [5, 5.41) is 15.7. The Morgan fingerprint density at radius 2 is 1.39 bits per heavy atom. The first kappa shape index (κ1) is 17.7. The topological polar surface area (TPSA) is 61.0 Å². The molecule has 0 saturated carbocycles. The number of rotatable bonds is 5. The molecule has 1 heterocycles. The molecule has 4 aromatic rings. The summed E-state index contributed by atoms with van der Waals surface area (Å²) in [6.07, 6.45) is 0. The second-order valence-electron chi connectivity index (χ2n) is 6.65. The molecule has 0 aliphatic carbocycles. The second kappa shape index (κ2) is 7.48. The zero-order valence-corrected chi connectivity index (χ0v) is 15.4. The van der Waals surface area contributed by atoms with Crippen molar-refractivity contribution < 1.29 is 4.92 Å². The highest BCUT2D eigenvalue weighted by Gasteiger charge is 2.22. The van der Waals surface area contributed by atoms with Gasteiger partial charge in [0.25, 0.3) is 5.69 Å². The predicted molar refractivity (Wildman–Crippen MR) is 109 cm³/mol. The van der Waals surface area contributed by atoms with Gasteiger partial charge in [0, 0.05) is 12.1 Å². The number of hydrogen-bond acceptors (Lipinski definition) is 3. The highest BCUT2D eigenvalue weighted by molar-refractivity contribution is 5.46. The molecule has 0 spiro atoms. The van der Waals surface area contributed by atoms with E-state index in [-0.39, 0.29) is 11.6 Å². The summed E-state index contributed by atoms with van der Waals surface area (Å²) >= 11 is 0. The molecular weight excluding hydrogens is 350 g/mol. The third-order valence-corrected chi connectivity index (χ3v) is 4.73. The van der Waals surface area contributed by atoms with Crippen LogP contribution >= 0.6 is 0 Å². The predicted octanol–water partition coefficient (Wildman–Crippen LogP) is 5.27. The first-order chi connectivity index (χ1) is 13.6. The van der Waals surface area contributed by atoms with Crippen molar-refractivity contribution in [3.63, 3.8) is 0 Å². The van der Waals surface area contributed by atoms with Gasteiger partial charge in [-0.1, -0.05) is 60.7 Å². The molecule has 1 aromatic heterocycles. The van der Waals surface area contributed by atoms with Crippen molar-refractivity contribution in [2.45, 2.75) is 12.8 Å². The van der Waals surface area contributed by atoms with Gasteiger partial charge in [-0.15, -0.1) is 0 Å². The largest absolute Gasteiger partial charge is 0.269 e. The Hall–Kier alpha value is -3.73. The van der Waals surface area contributed by atoms with Crippen LogP contribution in [0.15, 0.2) is 91.0 Å². The van der Waals surface area contributed by atoms with Crippen LogP contribution in [0.5, 0.6) is 0 Å². The number of nitrogens with zero attached hydrogens (tertiary/aromatic N) is 3. The molecule has 0 aliphatic heterocycles. The van der Waals surface area contributed by atoms with Crippen LogP contribution in [-0.4, -0.2) is 14.7 Å². The van der Waals surface area contributed by atoms with Gasteiger partial charge in [0.15, 0.2) is 0 Å². The number of nitro groups is 1. The molecule has 0 bridgehead atoms. The van der Waals surface area contributed by atoms with E-state index in [0.717, 1.165) is 28.2 Å². The summed E-state index contributed by atoms with van der Waals surface area (Å²) in [6, 6.07) is 29.2. The van der Waals surface area contributed by atoms with Crippen LogP contribution in [0.2, 0.25) is 0 Å². The lowest BCUT2D eigenvalue weighted by Gasteiger charge is -2.20. The molecule has 28 heavy (non-hydrogen) atoms. The number of nitro benzene ring substituents is 1. The maximum Gasteiger partial charge on any atom is 0.269 e. The average molecular weight is 369 g/mol. The first-order valence-corrected chi connectivity index (χ1v) is 9.05. The lowest BCUT2D eigenvalue weighted by Crippen LogP contribution is -2.10. The van der Waals surface area contributed by atoms with E-state index in [0.29, 0.717) is 0 Å². The molecule has 5 heteroatoms. The highest BCUT2D eigenvalue weighted by Crippen LogP contribution is 2.33. The van der Waals surface area contributed by atoms with Crippen LogP contribution < -0.4 is 0 Å². The summed E-state index contributed by atoms with van der Waals surface area (Å²) in [7, 11) is 0. The average Bonchev–Trinajstić information content (AvgIpc) is 3.11. The third kappa shape index (κ3) is 3.42. The lowest BCUT2D eigenvalue weighted by atomic mass is 9.88. The van der Waals surface area contributed by atoms with Gasteiger partial charge in [-0.05, 0) is 36.2 Å². The van der Waals surface area contributed by atoms with Crippen molar-refractivity contribution in [2.75, 3.05) is 0 Å². The normalized spacial score (nSPS) is 10.9. The van der Waals surface area contributed by atoms with Gasteiger partial charge in [0.1, 0.15) is 0 Å². The number of benzene rings is 3. The second-order valence-corrected chi connectivity index (χ2v) is 6.65. The van der Waals surface area contributed by atoms with Crippen molar-refractivity contribution in [1.29, 1.82) is 0 Å². The SMILES string of the molecule is Cc1cc(C(c2ccccc2)c2ccccc2)n(-c2ccc([N+](=O)[O-])cc2)n1. The van der Waals surface area contributed by atoms with Crippen LogP contribution in [0.4, 0.5) is 5.69 Å². The lowest BCUT2D eigenvalue weighted by molar-refractivity contribution is -0.384. The van der Waals surface area contributed by atoms with Crippen LogP contribution in [0.1, 0.15) is 28.4 Å². The Kier molecular flexibility index (Phi) is 4.72. The Morgan fingerprint density at radius 1 is 0.857 bits per heavy atom. The van der Waals surface area contributed by atoms with Crippen molar-refractivity contribution in [1.82, 2.24) is 9.78 Å². The molecule has 138 valence electrons. The molecule has 0 aliphatic rings. The van der Waals surface area contributed by atoms with Gasteiger partial charge in [0.05, 0.1) is 27.9 Å². The summed E-state index contributed by atoms with van der Waals surface area (Å²) < 4.78 is 1.88. The molecule has 0 atom stereocenters. The molecule has 0 unspecified atom stereocenters. The Balaban J connectivity index is 1.87. The number of hydrogen-bond donors (Lipinski definition) is 0. The molecule has 5 nitrogen and oxygen atoms in total. The monoisotopic (exact) mass is 369 g/mol. The number of non-ortho nitro benzene ring substituents is 1. The minimum absolute atomic E-state index is 0.00112. The van der Waals surface area contributed by atoms with Crippen molar-refractivity contribution in [3.8, 4) is 5.69 Å². The van der Waals surface area contributed by atoms with E-state index in [9.17, 15) is 10.1 Å². The van der Waals surface area contributed by atoms with E-state index in [4.69, 9.17) is 0 Å². The van der Waals surface area contributed by atoms with E-state index >= 15 is 0 Å². The summed E-state index contributed by atoms with van der Waals surface area (Å²) in [5.74, 6) is -0.00112. The highest BCUT2D eigenvalue weighted by atomic mass is 16.6. The summed E-state index contributed by atoms with van der Waals surface area (Å²) in [6.45, 7) is 1.96. The maximum atomic E-state index is 11.0. The molecule has 0 radical (unpaired) electrons. The Labute approximate surface area is 163 Å². The maximum absolute atomic E-state index is 11.0. The van der Waals surface area contributed by atoms with E-state index in [1.165, 1.54) is 12.1 Å². The fourth-order valence-corrected chi connectivity index (χ4v) is 3.47. The van der Waals surface area contributed by atoms with Crippen molar-refractivity contribution >= 4 is 5.69 Å². The van der Waals surface area contributed by atoms with E-state index in [2.05, 4.69) is 35.4 Å². The summed E-state index contributed by atoms with van der Waals surface area (Å²) in [4.78, 5) is 10.6. The molecule has 4 rings (SSSR count). The molecule has 3 aromatic carbocycles. The van der Waals surface area contributed by atoms with Gasteiger partial charge in [-0.25, -0.2) is 4.68 Å². The number of aryl methyl sites for hydroxylation is 1. The van der Waals surface area contributed by atoms with Crippen LogP contribution in [0.3, 0.4) is 0 Å². The zero-order valence-electron chi connectivity index (χ0n) is 15.4. The minimum Gasteiger partial charge on any atom is -0.258 e. The zero-order chi connectivity index (χ0) is 19.5. The standard InChI is InChI=1S/C23H19N3O2/c1-17-16-22(25(24-17)20-12-14-21(15-13-20)26(27)28)23(18-8-4-2-5-9-18)19-10-6-3-7-11-19/h2-16,23H,1H3. The van der Waals surface area contributed by atoms with Crippen LogP contribution in [-0.2, 0) is 0 Å². The van der Waals surface area contributed by atoms with Gasteiger partial charge >= 0.3 is 0 Å². The molecule has 0 saturated heterocycles. The molecule has 0 N–H and O–H groups in total. The Bertz CT molecular complexity index is 1050. The van der Waals surface area contributed by atoms with Gasteiger partial charge in [-0.3, -0.25) is 10.1 Å². The fourth-order valence-electron chi connectivity index (χ4n) is 3.47. The van der Waals surface area contributed by atoms with E-state index < -0.39 is 4.92 Å². The molecular formula is C23H19N3O2. The molecule has 0 amide bonds. The van der Waals surface area contributed by atoms with Gasteiger partial charge < -0.3 is 0 Å². The Morgan fingerprint density at radius 3 is 1.89 bits per heavy atom. The van der Waals surface area contributed by atoms with E-state index in [1.54, 1.807) is 12.1 Å². The minimum atomic E-state index is -0.393. The third-order valence-electron chi connectivity index (χ3n) is 4.73. The smallest absolute Gasteiger partial charge is 0.258 e.